The predicted octanol–water partition coefficient (Wildman–Crippen LogP) is 2.78. The SMILES string of the molecule is Cc1cc(C)c(C2CCNCC2)c(O)c1C. The second-order valence-electron chi connectivity index (χ2n) is 4.92. The molecule has 1 fully saturated rings. The van der Waals surface area contributed by atoms with Gasteiger partial charge in [-0.3, -0.25) is 0 Å². The molecule has 1 aliphatic heterocycles. The lowest BCUT2D eigenvalue weighted by Crippen LogP contribution is -2.27. The van der Waals surface area contributed by atoms with Crippen LogP contribution in [-0.4, -0.2) is 18.2 Å². The standard InChI is InChI=1S/C14H21NO/c1-9-8-10(2)13(14(16)11(9)3)12-4-6-15-7-5-12/h8,12,15-16H,4-7H2,1-3H3. The molecule has 0 radical (unpaired) electrons. The van der Waals surface area contributed by atoms with Crippen LogP contribution >= 0.6 is 0 Å². The van der Waals surface area contributed by atoms with Crippen molar-refractivity contribution in [3.8, 4) is 5.75 Å². The van der Waals surface area contributed by atoms with E-state index in [1.165, 1.54) is 16.7 Å². The number of aromatic hydroxyl groups is 1. The maximum atomic E-state index is 10.3. The summed E-state index contributed by atoms with van der Waals surface area (Å²) in [5.74, 6) is 1.06. The van der Waals surface area contributed by atoms with Gasteiger partial charge in [0.1, 0.15) is 5.75 Å². The molecule has 0 bridgehead atoms. The zero-order valence-electron chi connectivity index (χ0n) is 10.4. The second kappa shape index (κ2) is 4.46. The Hall–Kier alpha value is -1.02. The molecular weight excluding hydrogens is 198 g/mol. The van der Waals surface area contributed by atoms with Gasteiger partial charge in [-0.15, -0.1) is 0 Å². The molecule has 1 heterocycles. The Balaban J connectivity index is 2.42. The first kappa shape index (κ1) is 11.5. The maximum absolute atomic E-state index is 10.3. The molecule has 0 unspecified atom stereocenters. The van der Waals surface area contributed by atoms with Crippen LogP contribution in [0.1, 0.15) is 41.0 Å². The van der Waals surface area contributed by atoms with E-state index < -0.39 is 0 Å². The normalized spacial score (nSPS) is 17.7. The number of aryl methyl sites for hydroxylation is 2. The van der Waals surface area contributed by atoms with Gasteiger partial charge in [-0.1, -0.05) is 6.07 Å². The van der Waals surface area contributed by atoms with Crippen LogP contribution in [0, 0.1) is 20.8 Å². The minimum Gasteiger partial charge on any atom is -0.507 e. The van der Waals surface area contributed by atoms with Crippen molar-refractivity contribution in [2.75, 3.05) is 13.1 Å². The van der Waals surface area contributed by atoms with E-state index in [1.807, 2.05) is 6.92 Å². The smallest absolute Gasteiger partial charge is 0.122 e. The molecule has 0 saturated carbocycles. The Bertz CT molecular complexity index is 392. The summed E-state index contributed by atoms with van der Waals surface area (Å²) >= 11 is 0. The van der Waals surface area contributed by atoms with Crippen molar-refractivity contribution in [1.82, 2.24) is 5.32 Å². The molecule has 2 nitrogen and oxygen atoms in total. The average Bonchev–Trinajstić information content (AvgIpc) is 2.28. The van der Waals surface area contributed by atoms with Crippen molar-refractivity contribution >= 4 is 0 Å². The van der Waals surface area contributed by atoms with E-state index in [1.54, 1.807) is 0 Å². The molecule has 2 N–H and O–H groups in total. The number of hydrogen-bond donors (Lipinski definition) is 2. The van der Waals surface area contributed by atoms with Gasteiger partial charge in [0.05, 0.1) is 0 Å². The third-order valence-corrected chi connectivity index (χ3v) is 3.81. The van der Waals surface area contributed by atoms with Gasteiger partial charge < -0.3 is 10.4 Å². The lowest BCUT2D eigenvalue weighted by atomic mass is 9.84. The van der Waals surface area contributed by atoms with Gasteiger partial charge >= 0.3 is 0 Å². The van der Waals surface area contributed by atoms with Gasteiger partial charge in [0.2, 0.25) is 0 Å². The molecule has 2 heteroatoms. The molecule has 2 rings (SSSR count). The Morgan fingerprint density at radius 3 is 2.38 bits per heavy atom. The zero-order chi connectivity index (χ0) is 11.7. The summed E-state index contributed by atoms with van der Waals surface area (Å²) in [6.45, 7) is 8.32. The third kappa shape index (κ3) is 1.94. The highest BCUT2D eigenvalue weighted by atomic mass is 16.3. The van der Waals surface area contributed by atoms with Crippen LogP contribution < -0.4 is 5.32 Å². The second-order valence-corrected chi connectivity index (χ2v) is 4.92. The van der Waals surface area contributed by atoms with Crippen molar-refractivity contribution in [2.45, 2.75) is 39.5 Å². The Morgan fingerprint density at radius 1 is 1.12 bits per heavy atom. The number of piperidine rings is 1. The van der Waals surface area contributed by atoms with Gasteiger partial charge in [0.25, 0.3) is 0 Å². The summed E-state index contributed by atoms with van der Waals surface area (Å²) in [6, 6.07) is 2.20. The summed E-state index contributed by atoms with van der Waals surface area (Å²) in [5.41, 5.74) is 4.66. The first-order valence-electron chi connectivity index (χ1n) is 6.11. The highest BCUT2D eigenvalue weighted by molar-refractivity contribution is 5.50. The van der Waals surface area contributed by atoms with E-state index in [2.05, 4.69) is 25.2 Å². The van der Waals surface area contributed by atoms with Crippen molar-refractivity contribution in [3.63, 3.8) is 0 Å². The summed E-state index contributed by atoms with van der Waals surface area (Å²) in [7, 11) is 0. The summed E-state index contributed by atoms with van der Waals surface area (Å²) < 4.78 is 0. The van der Waals surface area contributed by atoms with Crippen LogP contribution in [0.3, 0.4) is 0 Å². The zero-order valence-corrected chi connectivity index (χ0v) is 10.4. The third-order valence-electron chi connectivity index (χ3n) is 3.81. The molecule has 1 aliphatic rings. The van der Waals surface area contributed by atoms with Crippen molar-refractivity contribution < 1.29 is 5.11 Å². The van der Waals surface area contributed by atoms with Crippen LogP contribution in [0.25, 0.3) is 0 Å². The number of rotatable bonds is 1. The maximum Gasteiger partial charge on any atom is 0.122 e. The molecule has 1 aromatic rings. The number of phenols is 1. The Morgan fingerprint density at radius 2 is 1.75 bits per heavy atom. The Labute approximate surface area is 97.7 Å². The van der Waals surface area contributed by atoms with E-state index in [4.69, 9.17) is 0 Å². The minimum absolute atomic E-state index is 0.528. The van der Waals surface area contributed by atoms with E-state index >= 15 is 0 Å². The van der Waals surface area contributed by atoms with Crippen LogP contribution in [0.2, 0.25) is 0 Å². The van der Waals surface area contributed by atoms with Gasteiger partial charge in [-0.2, -0.15) is 0 Å². The molecule has 88 valence electrons. The summed E-state index contributed by atoms with van der Waals surface area (Å²) in [4.78, 5) is 0. The molecule has 0 aliphatic carbocycles. The van der Waals surface area contributed by atoms with E-state index in [-0.39, 0.29) is 0 Å². The Kier molecular flexibility index (Phi) is 3.20. The van der Waals surface area contributed by atoms with Gasteiger partial charge in [-0.25, -0.2) is 0 Å². The van der Waals surface area contributed by atoms with Crippen molar-refractivity contribution in [3.05, 3.63) is 28.3 Å². The predicted molar refractivity (Wildman–Crippen MR) is 67.2 cm³/mol. The molecule has 0 atom stereocenters. The first-order chi connectivity index (χ1) is 7.61. The number of hydrogen-bond acceptors (Lipinski definition) is 2. The van der Waals surface area contributed by atoms with Crippen molar-refractivity contribution in [1.29, 1.82) is 0 Å². The van der Waals surface area contributed by atoms with Gasteiger partial charge in [0.15, 0.2) is 0 Å². The van der Waals surface area contributed by atoms with Crippen molar-refractivity contribution in [2.24, 2.45) is 0 Å². The summed E-state index contributed by atoms with van der Waals surface area (Å²) in [5, 5.41) is 13.7. The average molecular weight is 219 g/mol. The highest BCUT2D eigenvalue weighted by Crippen LogP contribution is 2.37. The molecule has 16 heavy (non-hydrogen) atoms. The minimum atomic E-state index is 0.528. The highest BCUT2D eigenvalue weighted by Gasteiger charge is 2.21. The molecule has 0 aromatic heterocycles. The van der Waals surface area contributed by atoms with Gasteiger partial charge in [0, 0.05) is 5.56 Å². The molecule has 1 aromatic carbocycles. The fourth-order valence-electron chi connectivity index (χ4n) is 2.71. The van der Waals surface area contributed by atoms with Crippen LogP contribution in [0.5, 0.6) is 5.75 Å². The number of phenolic OH excluding ortho intramolecular Hbond substituents is 1. The van der Waals surface area contributed by atoms with Crippen LogP contribution in [0.4, 0.5) is 0 Å². The van der Waals surface area contributed by atoms with E-state index in [0.29, 0.717) is 11.7 Å². The quantitative estimate of drug-likeness (QED) is 0.761. The first-order valence-corrected chi connectivity index (χ1v) is 6.11. The lowest BCUT2D eigenvalue weighted by molar-refractivity contribution is 0.420. The van der Waals surface area contributed by atoms with E-state index in [9.17, 15) is 5.11 Å². The molecule has 0 spiro atoms. The van der Waals surface area contributed by atoms with Crippen LogP contribution in [-0.2, 0) is 0 Å². The van der Waals surface area contributed by atoms with Crippen LogP contribution in [0.15, 0.2) is 6.07 Å². The molecular formula is C14H21NO. The molecule has 1 saturated heterocycles. The monoisotopic (exact) mass is 219 g/mol. The topological polar surface area (TPSA) is 32.3 Å². The number of benzene rings is 1. The van der Waals surface area contributed by atoms with E-state index in [0.717, 1.165) is 31.5 Å². The summed E-state index contributed by atoms with van der Waals surface area (Å²) in [6.07, 6.45) is 2.27. The number of nitrogens with one attached hydrogen (secondary N) is 1. The lowest BCUT2D eigenvalue weighted by Gasteiger charge is -2.26. The largest absolute Gasteiger partial charge is 0.507 e. The fourth-order valence-corrected chi connectivity index (χ4v) is 2.71. The fraction of sp³-hybridized carbons (Fsp3) is 0.571. The van der Waals surface area contributed by atoms with Gasteiger partial charge in [-0.05, 0) is 69.3 Å². The molecule has 0 amide bonds.